The minimum absolute atomic E-state index is 0.0222. The SMILES string of the molecule is CC1(C)CC(C(=O)N2CCN(CC(=O)O)CC2)C(C)(C)N1O. The van der Waals surface area contributed by atoms with Gasteiger partial charge in [0.15, 0.2) is 0 Å². The van der Waals surface area contributed by atoms with Crippen molar-refractivity contribution in [3.63, 3.8) is 0 Å². The van der Waals surface area contributed by atoms with E-state index < -0.39 is 17.0 Å². The molecular weight excluding hydrogens is 286 g/mol. The number of rotatable bonds is 3. The standard InChI is InChI=1S/C15H27N3O4/c1-14(2)9-11(15(3,4)18(14)22)13(21)17-7-5-16(6-8-17)10-12(19)20/h11,22H,5-10H2,1-4H3,(H,19,20). The van der Waals surface area contributed by atoms with Crippen molar-refractivity contribution in [3.8, 4) is 0 Å². The summed E-state index contributed by atoms with van der Waals surface area (Å²) < 4.78 is 0. The molecule has 7 nitrogen and oxygen atoms in total. The van der Waals surface area contributed by atoms with Crippen LogP contribution in [0, 0.1) is 5.92 Å². The Balaban J connectivity index is 2.00. The van der Waals surface area contributed by atoms with Crippen molar-refractivity contribution in [2.75, 3.05) is 32.7 Å². The van der Waals surface area contributed by atoms with Crippen LogP contribution >= 0.6 is 0 Å². The van der Waals surface area contributed by atoms with Crippen LogP contribution in [0.5, 0.6) is 0 Å². The summed E-state index contributed by atoms with van der Waals surface area (Å²) in [6.07, 6.45) is 0.616. The van der Waals surface area contributed by atoms with E-state index in [-0.39, 0.29) is 18.4 Å². The number of hydrogen-bond acceptors (Lipinski definition) is 5. The minimum atomic E-state index is -0.839. The molecule has 0 aromatic heterocycles. The highest BCUT2D eigenvalue weighted by Gasteiger charge is 2.55. The molecule has 0 aliphatic carbocycles. The Labute approximate surface area is 131 Å². The van der Waals surface area contributed by atoms with Crippen LogP contribution in [0.3, 0.4) is 0 Å². The second-order valence-electron chi connectivity index (χ2n) is 7.53. The lowest BCUT2D eigenvalue weighted by molar-refractivity contribution is -0.198. The molecule has 0 aromatic rings. The molecule has 2 heterocycles. The third-order valence-corrected chi connectivity index (χ3v) is 5.02. The van der Waals surface area contributed by atoms with Crippen molar-refractivity contribution < 1.29 is 19.9 Å². The zero-order valence-corrected chi connectivity index (χ0v) is 13.9. The molecular formula is C15H27N3O4. The van der Waals surface area contributed by atoms with Gasteiger partial charge in [0.1, 0.15) is 0 Å². The topological polar surface area (TPSA) is 84.3 Å². The van der Waals surface area contributed by atoms with Gasteiger partial charge in [0.25, 0.3) is 0 Å². The highest BCUT2D eigenvalue weighted by atomic mass is 16.5. The first-order valence-corrected chi connectivity index (χ1v) is 7.78. The molecule has 2 N–H and O–H groups in total. The van der Waals surface area contributed by atoms with Gasteiger partial charge in [-0.2, -0.15) is 5.06 Å². The molecule has 126 valence electrons. The van der Waals surface area contributed by atoms with Gasteiger partial charge >= 0.3 is 5.97 Å². The first kappa shape index (κ1) is 17.2. The highest BCUT2D eigenvalue weighted by molar-refractivity contribution is 5.81. The molecule has 0 saturated carbocycles. The third kappa shape index (κ3) is 3.11. The predicted molar refractivity (Wildman–Crippen MR) is 80.5 cm³/mol. The lowest BCUT2D eigenvalue weighted by Gasteiger charge is -2.39. The second-order valence-corrected chi connectivity index (χ2v) is 7.53. The summed E-state index contributed by atoms with van der Waals surface area (Å²) >= 11 is 0. The number of piperazine rings is 1. The molecule has 2 fully saturated rings. The van der Waals surface area contributed by atoms with Gasteiger partial charge < -0.3 is 15.2 Å². The van der Waals surface area contributed by atoms with E-state index in [4.69, 9.17) is 5.11 Å². The van der Waals surface area contributed by atoms with Crippen molar-refractivity contribution in [1.29, 1.82) is 0 Å². The molecule has 0 aromatic carbocycles. The van der Waals surface area contributed by atoms with Crippen molar-refractivity contribution in [2.45, 2.75) is 45.2 Å². The highest BCUT2D eigenvalue weighted by Crippen LogP contribution is 2.44. The monoisotopic (exact) mass is 313 g/mol. The zero-order chi connectivity index (χ0) is 16.7. The van der Waals surface area contributed by atoms with E-state index in [1.165, 1.54) is 5.06 Å². The third-order valence-electron chi connectivity index (χ3n) is 5.02. The van der Waals surface area contributed by atoms with Crippen LogP contribution in [0.2, 0.25) is 0 Å². The number of carboxylic acids is 1. The van der Waals surface area contributed by atoms with Gasteiger partial charge in [0.05, 0.1) is 18.0 Å². The van der Waals surface area contributed by atoms with E-state index in [0.29, 0.717) is 32.6 Å². The van der Waals surface area contributed by atoms with Gasteiger partial charge in [-0.1, -0.05) is 0 Å². The van der Waals surface area contributed by atoms with Gasteiger partial charge in [0.2, 0.25) is 5.91 Å². The Morgan fingerprint density at radius 2 is 1.64 bits per heavy atom. The maximum atomic E-state index is 12.8. The predicted octanol–water partition coefficient (Wildman–Crippen LogP) is 0.484. The molecule has 0 bridgehead atoms. The van der Waals surface area contributed by atoms with E-state index in [1.54, 1.807) is 4.90 Å². The minimum Gasteiger partial charge on any atom is -0.480 e. The fraction of sp³-hybridized carbons (Fsp3) is 0.867. The Morgan fingerprint density at radius 3 is 2.05 bits per heavy atom. The summed E-state index contributed by atoms with van der Waals surface area (Å²) in [5.41, 5.74) is -1.02. The number of hydroxylamine groups is 2. The maximum Gasteiger partial charge on any atom is 0.317 e. The van der Waals surface area contributed by atoms with Gasteiger partial charge in [-0.05, 0) is 34.1 Å². The van der Waals surface area contributed by atoms with Crippen LogP contribution in [0.4, 0.5) is 0 Å². The molecule has 2 aliphatic heterocycles. The molecule has 22 heavy (non-hydrogen) atoms. The number of amides is 1. The van der Waals surface area contributed by atoms with E-state index in [9.17, 15) is 14.8 Å². The smallest absolute Gasteiger partial charge is 0.317 e. The lowest BCUT2D eigenvalue weighted by atomic mass is 9.85. The molecule has 1 unspecified atom stereocenters. The molecule has 0 radical (unpaired) electrons. The molecule has 2 saturated heterocycles. The normalized spacial score (nSPS) is 28.8. The second kappa shape index (κ2) is 5.79. The Hall–Kier alpha value is -1.18. The summed E-state index contributed by atoms with van der Waals surface area (Å²) in [5, 5.41) is 20.5. The van der Waals surface area contributed by atoms with E-state index in [2.05, 4.69) is 0 Å². The molecule has 2 aliphatic rings. The quantitative estimate of drug-likeness (QED) is 0.788. The van der Waals surface area contributed by atoms with Crippen molar-refractivity contribution in [2.24, 2.45) is 5.92 Å². The van der Waals surface area contributed by atoms with Crippen molar-refractivity contribution >= 4 is 11.9 Å². The maximum absolute atomic E-state index is 12.8. The van der Waals surface area contributed by atoms with Crippen LogP contribution in [-0.2, 0) is 9.59 Å². The average Bonchev–Trinajstić information content (AvgIpc) is 2.58. The molecule has 1 atom stereocenters. The number of aliphatic carboxylic acids is 1. The molecule has 7 heteroatoms. The molecule has 2 rings (SSSR count). The van der Waals surface area contributed by atoms with Crippen LogP contribution < -0.4 is 0 Å². The van der Waals surface area contributed by atoms with E-state index >= 15 is 0 Å². The Kier molecular flexibility index (Phi) is 4.52. The molecule has 0 spiro atoms. The van der Waals surface area contributed by atoms with Crippen LogP contribution in [-0.4, -0.2) is 80.9 Å². The fourth-order valence-electron chi connectivity index (χ4n) is 3.69. The number of carboxylic acid groups (broad SMARTS) is 1. The van der Waals surface area contributed by atoms with Gasteiger partial charge in [-0.15, -0.1) is 0 Å². The first-order chi connectivity index (χ1) is 10.1. The number of hydrogen-bond donors (Lipinski definition) is 2. The number of carbonyl (C=O) groups is 2. The van der Waals surface area contributed by atoms with Crippen molar-refractivity contribution in [3.05, 3.63) is 0 Å². The number of carbonyl (C=O) groups excluding carboxylic acids is 1. The summed E-state index contributed by atoms with van der Waals surface area (Å²) in [4.78, 5) is 27.2. The van der Waals surface area contributed by atoms with Crippen molar-refractivity contribution in [1.82, 2.24) is 14.9 Å². The summed E-state index contributed by atoms with van der Waals surface area (Å²) in [6.45, 7) is 9.94. The summed E-state index contributed by atoms with van der Waals surface area (Å²) in [7, 11) is 0. The van der Waals surface area contributed by atoms with Gasteiger partial charge in [0, 0.05) is 31.7 Å². The van der Waals surface area contributed by atoms with Gasteiger partial charge in [-0.3, -0.25) is 14.5 Å². The zero-order valence-electron chi connectivity index (χ0n) is 13.9. The Bertz CT molecular complexity index is 456. The van der Waals surface area contributed by atoms with E-state index in [0.717, 1.165) is 0 Å². The lowest BCUT2D eigenvalue weighted by Crippen LogP contribution is -2.54. The van der Waals surface area contributed by atoms with Crippen LogP contribution in [0.25, 0.3) is 0 Å². The number of nitrogens with zero attached hydrogens (tertiary/aromatic N) is 3. The summed E-state index contributed by atoms with van der Waals surface area (Å²) in [6, 6.07) is 0. The largest absolute Gasteiger partial charge is 0.480 e. The Morgan fingerprint density at radius 1 is 1.09 bits per heavy atom. The summed E-state index contributed by atoms with van der Waals surface area (Å²) in [5.74, 6) is -1.03. The average molecular weight is 313 g/mol. The first-order valence-electron chi connectivity index (χ1n) is 7.78. The van der Waals surface area contributed by atoms with E-state index in [1.807, 2.05) is 32.6 Å². The molecule has 1 amide bonds. The van der Waals surface area contributed by atoms with Gasteiger partial charge in [-0.25, -0.2) is 0 Å². The van der Waals surface area contributed by atoms with Crippen LogP contribution in [0.15, 0.2) is 0 Å². The van der Waals surface area contributed by atoms with Crippen LogP contribution in [0.1, 0.15) is 34.1 Å². The fourth-order valence-corrected chi connectivity index (χ4v) is 3.69.